The first-order valence-corrected chi connectivity index (χ1v) is 8.83. The summed E-state index contributed by atoms with van der Waals surface area (Å²) in [5, 5.41) is 11.6. The minimum atomic E-state index is -3.71. The molecule has 0 radical (unpaired) electrons. The topological polar surface area (TPSA) is 113 Å². The van der Waals surface area contributed by atoms with E-state index < -0.39 is 21.9 Å². The number of carboxylic acids is 1. The lowest BCUT2D eigenvalue weighted by atomic mass is 10.1. The van der Waals surface area contributed by atoms with E-state index in [2.05, 4.69) is 10.0 Å². The van der Waals surface area contributed by atoms with Crippen LogP contribution < -0.4 is 10.0 Å². The molecule has 0 unspecified atom stereocenters. The predicted molar refractivity (Wildman–Crippen MR) is 93.5 cm³/mol. The summed E-state index contributed by atoms with van der Waals surface area (Å²) in [4.78, 5) is 23.5. The zero-order valence-corrected chi connectivity index (χ0v) is 14.8. The molecular formula is C17H18N2O5S. The molecule has 8 heteroatoms. The van der Waals surface area contributed by atoms with E-state index in [1.807, 2.05) is 0 Å². The normalized spacial score (nSPS) is 11.2. The van der Waals surface area contributed by atoms with Crippen LogP contribution in [0.25, 0.3) is 0 Å². The first-order chi connectivity index (χ1) is 11.7. The fourth-order valence-corrected chi connectivity index (χ4v) is 3.35. The third kappa shape index (κ3) is 4.04. The molecule has 0 heterocycles. The second kappa shape index (κ2) is 7.04. The van der Waals surface area contributed by atoms with E-state index >= 15 is 0 Å². The van der Waals surface area contributed by atoms with Crippen LogP contribution in [0.5, 0.6) is 0 Å². The molecule has 0 fully saturated rings. The number of sulfonamides is 1. The quantitative estimate of drug-likeness (QED) is 0.754. The largest absolute Gasteiger partial charge is 0.478 e. The number of hydrogen-bond acceptors (Lipinski definition) is 4. The van der Waals surface area contributed by atoms with Gasteiger partial charge in [0, 0.05) is 11.3 Å². The SMILES string of the molecule is CNS(=O)(=O)c1cc(C(=O)Nc2cccc(C(=O)O)c2)cc(C)c1C. The van der Waals surface area contributed by atoms with E-state index in [0.29, 0.717) is 16.8 Å². The summed E-state index contributed by atoms with van der Waals surface area (Å²) in [7, 11) is -2.41. The maximum Gasteiger partial charge on any atom is 0.335 e. The minimum absolute atomic E-state index is 0.0273. The summed E-state index contributed by atoms with van der Waals surface area (Å²) in [6, 6.07) is 8.68. The van der Waals surface area contributed by atoms with Crippen molar-refractivity contribution in [2.75, 3.05) is 12.4 Å². The zero-order valence-electron chi connectivity index (χ0n) is 14.0. The van der Waals surface area contributed by atoms with Crippen molar-refractivity contribution in [3.63, 3.8) is 0 Å². The van der Waals surface area contributed by atoms with Crippen molar-refractivity contribution in [2.45, 2.75) is 18.7 Å². The maximum atomic E-state index is 12.5. The average molecular weight is 362 g/mol. The highest BCUT2D eigenvalue weighted by molar-refractivity contribution is 7.89. The molecule has 0 aromatic heterocycles. The van der Waals surface area contributed by atoms with Gasteiger partial charge in [-0.3, -0.25) is 4.79 Å². The Balaban J connectivity index is 2.40. The number of aromatic carboxylic acids is 1. The van der Waals surface area contributed by atoms with Crippen LogP contribution in [0.3, 0.4) is 0 Å². The van der Waals surface area contributed by atoms with Gasteiger partial charge in [-0.25, -0.2) is 17.9 Å². The Hall–Kier alpha value is -2.71. The lowest BCUT2D eigenvalue weighted by Gasteiger charge is -2.12. The van der Waals surface area contributed by atoms with Gasteiger partial charge in [0.2, 0.25) is 10.0 Å². The van der Waals surface area contributed by atoms with Crippen LogP contribution in [0.15, 0.2) is 41.3 Å². The van der Waals surface area contributed by atoms with Gasteiger partial charge in [-0.15, -0.1) is 0 Å². The Morgan fingerprint density at radius 2 is 1.72 bits per heavy atom. The van der Waals surface area contributed by atoms with Crippen LogP contribution in [-0.2, 0) is 10.0 Å². The summed E-state index contributed by atoms with van der Waals surface area (Å²) < 4.78 is 26.5. The van der Waals surface area contributed by atoms with E-state index in [4.69, 9.17) is 5.11 Å². The predicted octanol–water partition coefficient (Wildman–Crippen LogP) is 2.16. The molecule has 2 rings (SSSR count). The molecule has 2 aromatic rings. The maximum absolute atomic E-state index is 12.5. The molecule has 0 atom stereocenters. The van der Waals surface area contributed by atoms with Gasteiger partial charge >= 0.3 is 5.97 Å². The summed E-state index contributed by atoms with van der Waals surface area (Å²) >= 11 is 0. The average Bonchev–Trinajstić information content (AvgIpc) is 2.57. The van der Waals surface area contributed by atoms with Gasteiger partial charge in [0.15, 0.2) is 0 Å². The van der Waals surface area contributed by atoms with Gasteiger partial charge < -0.3 is 10.4 Å². The molecule has 0 aliphatic heterocycles. The molecule has 0 spiro atoms. The number of hydrogen-bond donors (Lipinski definition) is 3. The van der Waals surface area contributed by atoms with Crippen molar-refractivity contribution in [3.05, 3.63) is 58.7 Å². The molecule has 2 aromatic carbocycles. The van der Waals surface area contributed by atoms with Gasteiger partial charge in [-0.05, 0) is 62.4 Å². The lowest BCUT2D eigenvalue weighted by Crippen LogP contribution is -2.21. The van der Waals surface area contributed by atoms with E-state index in [9.17, 15) is 18.0 Å². The molecule has 0 saturated heterocycles. The van der Waals surface area contributed by atoms with Crippen molar-refractivity contribution in [1.29, 1.82) is 0 Å². The summed E-state index contributed by atoms with van der Waals surface area (Å²) in [6.45, 7) is 3.38. The summed E-state index contributed by atoms with van der Waals surface area (Å²) in [5.74, 6) is -1.64. The fraction of sp³-hybridized carbons (Fsp3) is 0.176. The Morgan fingerprint density at radius 1 is 1.04 bits per heavy atom. The van der Waals surface area contributed by atoms with Crippen LogP contribution in [0.1, 0.15) is 31.8 Å². The summed E-state index contributed by atoms with van der Waals surface area (Å²) in [5.41, 5.74) is 1.72. The molecule has 132 valence electrons. The van der Waals surface area contributed by atoms with Gasteiger partial charge in [-0.2, -0.15) is 0 Å². The number of anilines is 1. The zero-order chi connectivity index (χ0) is 18.8. The smallest absolute Gasteiger partial charge is 0.335 e. The number of benzene rings is 2. The van der Waals surface area contributed by atoms with Crippen molar-refractivity contribution in [1.82, 2.24) is 4.72 Å². The van der Waals surface area contributed by atoms with Crippen molar-refractivity contribution >= 4 is 27.6 Å². The number of amides is 1. The molecule has 1 amide bonds. The molecule has 3 N–H and O–H groups in total. The van der Waals surface area contributed by atoms with Gasteiger partial charge in [-0.1, -0.05) is 6.07 Å². The molecule has 0 aliphatic carbocycles. The Bertz CT molecular complexity index is 952. The van der Waals surface area contributed by atoms with Gasteiger partial charge in [0.25, 0.3) is 5.91 Å². The van der Waals surface area contributed by atoms with Crippen molar-refractivity contribution in [3.8, 4) is 0 Å². The first-order valence-electron chi connectivity index (χ1n) is 7.35. The number of nitrogens with one attached hydrogen (secondary N) is 2. The van der Waals surface area contributed by atoms with Crippen molar-refractivity contribution in [2.24, 2.45) is 0 Å². The van der Waals surface area contributed by atoms with Crippen LogP contribution >= 0.6 is 0 Å². The molecule has 0 bridgehead atoms. The van der Waals surface area contributed by atoms with Crippen LogP contribution in [0.4, 0.5) is 5.69 Å². The van der Waals surface area contributed by atoms with Crippen LogP contribution in [-0.4, -0.2) is 32.4 Å². The Labute approximate surface area is 145 Å². The molecule has 0 aliphatic rings. The third-order valence-corrected chi connectivity index (χ3v) is 5.35. The van der Waals surface area contributed by atoms with Gasteiger partial charge in [0.1, 0.15) is 0 Å². The molecule has 0 saturated carbocycles. The number of carboxylic acid groups (broad SMARTS) is 1. The minimum Gasteiger partial charge on any atom is -0.478 e. The molecule has 7 nitrogen and oxygen atoms in total. The van der Waals surface area contributed by atoms with Crippen LogP contribution in [0, 0.1) is 13.8 Å². The van der Waals surface area contributed by atoms with E-state index in [1.165, 1.54) is 31.3 Å². The molecule has 25 heavy (non-hydrogen) atoms. The molecular weight excluding hydrogens is 344 g/mol. The second-order valence-electron chi connectivity index (χ2n) is 5.46. The second-order valence-corrected chi connectivity index (χ2v) is 7.32. The van der Waals surface area contributed by atoms with Crippen molar-refractivity contribution < 1.29 is 23.1 Å². The van der Waals surface area contributed by atoms with E-state index in [0.717, 1.165) is 0 Å². The van der Waals surface area contributed by atoms with Crippen LogP contribution in [0.2, 0.25) is 0 Å². The number of aryl methyl sites for hydroxylation is 1. The highest BCUT2D eigenvalue weighted by atomic mass is 32.2. The van der Waals surface area contributed by atoms with E-state index in [1.54, 1.807) is 26.0 Å². The monoisotopic (exact) mass is 362 g/mol. The highest BCUT2D eigenvalue weighted by Crippen LogP contribution is 2.22. The number of carbonyl (C=O) groups is 2. The fourth-order valence-electron chi connectivity index (χ4n) is 2.28. The standard InChI is InChI=1S/C17H18N2O5S/c1-10-7-13(9-15(11(10)2)25(23,24)18-3)16(20)19-14-6-4-5-12(8-14)17(21)22/h4-9,18H,1-3H3,(H,19,20)(H,21,22). The summed E-state index contributed by atoms with van der Waals surface area (Å²) in [6.07, 6.45) is 0. The number of rotatable bonds is 5. The number of carbonyl (C=O) groups excluding carboxylic acids is 1. The Morgan fingerprint density at radius 3 is 2.32 bits per heavy atom. The highest BCUT2D eigenvalue weighted by Gasteiger charge is 2.19. The van der Waals surface area contributed by atoms with Gasteiger partial charge in [0.05, 0.1) is 10.5 Å². The Kier molecular flexibility index (Phi) is 5.24. The third-order valence-electron chi connectivity index (χ3n) is 3.81. The van der Waals surface area contributed by atoms with E-state index in [-0.39, 0.29) is 16.0 Å². The first kappa shape index (κ1) is 18.6. The lowest BCUT2D eigenvalue weighted by molar-refractivity contribution is 0.0696.